The molecule has 0 unspecified atom stereocenters. The summed E-state index contributed by atoms with van der Waals surface area (Å²) in [6.07, 6.45) is 1.01. The van der Waals surface area contributed by atoms with Crippen LogP contribution in [0.4, 0.5) is 0 Å². The third-order valence-corrected chi connectivity index (χ3v) is 7.85. The van der Waals surface area contributed by atoms with Gasteiger partial charge in [-0.15, -0.1) is 0 Å². The van der Waals surface area contributed by atoms with Gasteiger partial charge in [0.05, 0.1) is 15.7 Å². The highest BCUT2D eigenvalue weighted by molar-refractivity contribution is 8.01. The van der Waals surface area contributed by atoms with E-state index in [1.807, 2.05) is 18.2 Å². The number of aryl methyl sites for hydroxylation is 2. The van der Waals surface area contributed by atoms with Crippen LogP contribution in [-0.2, 0) is 0 Å². The van der Waals surface area contributed by atoms with Crippen molar-refractivity contribution in [2.75, 3.05) is 6.61 Å². The van der Waals surface area contributed by atoms with Crippen molar-refractivity contribution in [3.05, 3.63) is 62.4 Å². The fraction of sp³-hybridized carbons (Fsp3) is 0.318. The van der Waals surface area contributed by atoms with Crippen LogP contribution in [0.25, 0.3) is 10.4 Å². The normalized spacial score (nSPS) is 11.1. The van der Waals surface area contributed by atoms with E-state index in [0.29, 0.717) is 12.5 Å². The average molecular weight is 417 g/mol. The molecular weight excluding hydrogens is 392 g/mol. The monoisotopic (exact) mass is 416 g/mol. The Labute approximate surface area is 173 Å². The molecule has 2 nitrogen and oxygen atoms in total. The maximum atomic E-state index is 12.2. The number of rotatable bonds is 7. The largest absolute Gasteiger partial charge is 0.493 e. The summed E-state index contributed by atoms with van der Waals surface area (Å²) in [6.45, 7) is 9.25. The zero-order valence-corrected chi connectivity index (χ0v) is 18.5. The second-order valence-corrected chi connectivity index (χ2v) is 10.5. The lowest BCUT2D eigenvalue weighted by Crippen LogP contribution is -2.02. The Bertz CT molecular complexity index is 970. The smallest absolute Gasteiger partial charge is 0.289 e. The van der Waals surface area contributed by atoms with E-state index < -0.39 is 0 Å². The summed E-state index contributed by atoms with van der Waals surface area (Å²) in [5, 5.41) is 0. The van der Waals surface area contributed by atoms with Crippen molar-refractivity contribution in [1.29, 1.82) is 0 Å². The first-order valence-corrected chi connectivity index (χ1v) is 11.5. The van der Waals surface area contributed by atoms with Crippen LogP contribution in [0.1, 0.15) is 31.4 Å². The van der Waals surface area contributed by atoms with Crippen molar-refractivity contribution >= 4 is 34.4 Å². The molecule has 0 N–H and O–H groups in total. The van der Waals surface area contributed by atoms with Gasteiger partial charge in [0.1, 0.15) is 5.75 Å². The van der Waals surface area contributed by atoms with Crippen LogP contribution in [0, 0.1) is 19.8 Å². The molecule has 0 amide bonds. The molecule has 0 spiro atoms. The Kier molecular flexibility index (Phi) is 6.79. The van der Waals surface area contributed by atoms with E-state index in [1.54, 1.807) is 11.8 Å². The molecule has 3 rings (SSSR count). The molecule has 1 heterocycles. The summed E-state index contributed by atoms with van der Waals surface area (Å²) in [5.74, 6) is 1.46. The molecule has 0 atom stereocenters. The van der Waals surface area contributed by atoms with Gasteiger partial charge in [0.2, 0.25) is 0 Å². The Hall–Kier alpha value is -1.56. The lowest BCUT2D eigenvalue weighted by atomic mass is 10.1. The highest BCUT2D eigenvalue weighted by Crippen LogP contribution is 2.44. The molecule has 3 aromatic rings. The topological polar surface area (TPSA) is 26.3 Å². The van der Waals surface area contributed by atoms with Gasteiger partial charge in [-0.1, -0.05) is 78.1 Å². The minimum atomic E-state index is 0.121. The number of ether oxygens (including phenoxy) is 1. The predicted octanol–water partition coefficient (Wildman–Crippen LogP) is 7.03. The average Bonchev–Trinajstić information content (AvgIpc) is 2.98. The number of benzene rings is 2. The minimum absolute atomic E-state index is 0.121. The molecule has 1 aromatic heterocycles. The van der Waals surface area contributed by atoms with Crippen molar-refractivity contribution in [2.24, 2.45) is 5.92 Å². The first-order valence-electron chi connectivity index (χ1n) is 9.05. The molecule has 0 aliphatic heterocycles. The van der Waals surface area contributed by atoms with Gasteiger partial charge in [0, 0.05) is 10.5 Å². The standard InChI is InChI=1S/C22H24O2S3/c1-14(2)11-12-24-18-10-9-15(3)13-17(18)20-21(27-22(23)26-20)25-19-8-6-5-7-16(19)4/h5-10,13-14H,11-12H2,1-4H3. The van der Waals surface area contributed by atoms with Gasteiger partial charge in [-0.25, -0.2) is 0 Å². The van der Waals surface area contributed by atoms with E-state index >= 15 is 0 Å². The van der Waals surface area contributed by atoms with E-state index in [9.17, 15) is 4.79 Å². The van der Waals surface area contributed by atoms with Gasteiger partial charge in [-0.3, -0.25) is 4.79 Å². The zero-order valence-electron chi connectivity index (χ0n) is 16.1. The van der Waals surface area contributed by atoms with Crippen molar-refractivity contribution in [3.63, 3.8) is 0 Å². The van der Waals surface area contributed by atoms with E-state index in [-0.39, 0.29) is 4.06 Å². The third-order valence-electron chi connectivity index (χ3n) is 4.18. The first kappa shape index (κ1) is 20.2. The fourth-order valence-corrected chi connectivity index (χ4v) is 6.26. The maximum Gasteiger partial charge on any atom is 0.289 e. The molecule has 0 saturated heterocycles. The minimum Gasteiger partial charge on any atom is -0.493 e. The highest BCUT2D eigenvalue weighted by atomic mass is 32.2. The summed E-state index contributed by atoms with van der Waals surface area (Å²) in [4.78, 5) is 14.4. The Morgan fingerprint density at radius 3 is 2.59 bits per heavy atom. The molecule has 0 saturated carbocycles. The lowest BCUT2D eigenvalue weighted by Gasteiger charge is -2.13. The van der Waals surface area contributed by atoms with E-state index in [4.69, 9.17) is 4.74 Å². The molecule has 0 aliphatic carbocycles. The van der Waals surface area contributed by atoms with Crippen molar-refractivity contribution in [2.45, 2.75) is 43.2 Å². The molecular formula is C22H24O2S3. The van der Waals surface area contributed by atoms with E-state index in [0.717, 1.165) is 26.8 Å². The summed E-state index contributed by atoms with van der Waals surface area (Å²) in [7, 11) is 0. The number of hydrogen-bond donors (Lipinski definition) is 0. The predicted molar refractivity (Wildman–Crippen MR) is 119 cm³/mol. The van der Waals surface area contributed by atoms with Crippen molar-refractivity contribution in [3.8, 4) is 16.2 Å². The van der Waals surface area contributed by atoms with E-state index in [1.165, 1.54) is 38.7 Å². The Balaban J connectivity index is 1.98. The molecule has 0 fully saturated rings. The Morgan fingerprint density at radius 1 is 1.07 bits per heavy atom. The molecule has 0 aliphatic rings. The molecule has 27 heavy (non-hydrogen) atoms. The second kappa shape index (κ2) is 9.09. The van der Waals surface area contributed by atoms with Gasteiger partial charge in [-0.2, -0.15) is 0 Å². The van der Waals surface area contributed by atoms with Gasteiger partial charge >= 0.3 is 0 Å². The van der Waals surface area contributed by atoms with Crippen LogP contribution in [0.15, 0.2) is 56.4 Å². The summed E-state index contributed by atoms with van der Waals surface area (Å²) in [5.41, 5.74) is 3.41. The van der Waals surface area contributed by atoms with Crippen molar-refractivity contribution in [1.82, 2.24) is 0 Å². The van der Waals surface area contributed by atoms with Crippen LogP contribution in [-0.4, -0.2) is 6.61 Å². The Morgan fingerprint density at radius 2 is 1.85 bits per heavy atom. The SMILES string of the molecule is Cc1ccc(OCCC(C)C)c(-c2sc(=O)sc2Sc2ccccc2C)c1. The van der Waals surface area contributed by atoms with Gasteiger partial charge in [0.15, 0.2) is 0 Å². The molecule has 0 radical (unpaired) electrons. The summed E-state index contributed by atoms with van der Waals surface area (Å²) in [6, 6.07) is 14.5. The van der Waals surface area contributed by atoms with Gasteiger partial charge in [-0.05, 0) is 49.9 Å². The molecule has 0 bridgehead atoms. The van der Waals surface area contributed by atoms with Crippen LogP contribution < -0.4 is 8.79 Å². The highest BCUT2D eigenvalue weighted by Gasteiger charge is 2.17. The van der Waals surface area contributed by atoms with Gasteiger partial charge in [0.25, 0.3) is 4.06 Å². The summed E-state index contributed by atoms with van der Waals surface area (Å²) >= 11 is 4.32. The van der Waals surface area contributed by atoms with Crippen molar-refractivity contribution < 1.29 is 4.74 Å². The zero-order chi connectivity index (χ0) is 19.4. The van der Waals surface area contributed by atoms with E-state index in [2.05, 4.69) is 52.0 Å². The summed E-state index contributed by atoms with van der Waals surface area (Å²) < 4.78 is 7.26. The number of hydrogen-bond acceptors (Lipinski definition) is 5. The maximum absolute atomic E-state index is 12.2. The lowest BCUT2D eigenvalue weighted by molar-refractivity contribution is 0.290. The first-order chi connectivity index (χ1) is 12.9. The van der Waals surface area contributed by atoms with Crippen LogP contribution in [0.2, 0.25) is 0 Å². The van der Waals surface area contributed by atoms with Crippen LogP contribution >= 0.6 is 34.4 Å². The van der Waals surface area contributed by atoms with Gasteiger partial charge < -0.3 is 4.74 Å². The fourth-order valence-electron chi connectivity index (χ4n) is 2.62. The van der Waals surface area contributed by atoms with Crippen LogP contribution in [0.3, 0.4) is 0 Å². The third kappa shape index (κ3) is 5.24. The quantitative estimate of drug-likeness (QED) is 0.413. The molecule has 142 valence electrons. The second-order valence-electron chi connectivity index (χ2n) is 6.97. The molecule has 5 heteroatoms. The molecule has 2 aromatic carbocycles. The van der Waals surface area contributed by atoms with Crippen LogP contribution in [0.5, 0.6) is 5.75 Å².